The number of nitrogen functional groups attached to an aromatic ring is 1. The van der Waals surface area contributed by atoms with Crippen molar-refractivity contribution in [1.29, 1.82) is 0 Å². The minimum Gasteiger partial charge on any atom is -0.393 e. The Labute approximate surface area is 153 Å². The van der Waals surface area contributed by atoms with E-state index in [-0.39, 0.29) is 0 Å². The van der Waals surface area contributed by atoms with E-state index in [2.05, 4.69) is 50.2 Å². The molecular weight excluding hydrogens is 324 g/mol. The van der Waals surface area contributed by atoms with E-state index in [0.29, 0.717) is 11.5 Å². The van der Waals surface area contributed by atoms with Gasteiger partial charge in [0, 0.05) is 37.3 Å². The molecule has 0 atom stereocenters. The minimum atomic E-state index is 0.602. The van der Waals surface area contributed by atoms with Gasteiger partial charge >= 0.3 is 0 Å². The Morgan fingerprint density at radius 1 is 1.00 bits per heavy atom. The number of hydrogen-bond acceptors (Lipinski definition) is 6. The number of rotatable bonds is 4. The molecule has 2 aromatic carbocycles. The summed E-state index contributed by atoms with van der Waals surface area (Å²) in [4.78, 5) is 13.5. The normalized spacial score (nSPS) is 15.3. The summed E-state index contributed by atoms with van der Waals surface area (Å²) in [5.41, 5.74) is 8.03. The average molecular weight is 348 g/mol. The summed E-state index contributed by atoms with van der Waals surface area (Å²) in [6.45, 7) is 7.21. The molecule has 0 saturated carbocycles. The lowest BCUT2D eigenvalue weighted by atomic mass is 10.1. The topological polar surface area (TPSA) is 70.3 Å². The Balaban J connectivity index is 1.62. The van der Waals surface area contributed by atoms with Crippen molar-refractivity contribution in [2.45, 2.75) is 6.92 Å². The van der Waals surface area contributed by atoms with E-state index in [9.17, 15) is 0 Å². The van der Waals surface area contributed by atoms with Gasteiger partial charge in [-0.1, -0.05) is 43.3 Å². The highest BCUT2D eigenvalue weighted by Gasteiger charge is 2.20. The number of nitrogens with zero attached hydrogens (tertiary/aromatic N) is 4. The van der Waals surface area contributed by atoms with Crippen molar-refractivity contribution in [2.75, 3.05) is 48.7 Å². The monoisotopic (exact) mass is 348 g/mol. The van der Waals surface area contributed by atoms with Gasteiger partial charge in [-0.25, -0.2) is 9.97 Å². The van der Waals surface area contributed by atoms with Gasteiger partial charge < -0.3 is 20.9 Å². The number of fused-ring (bicyclic) bond motifs is 1. The molecule has 26 heavy (non-hydrogen) atoms. The number of benzene rings is 2. The smallest absolute Gasteiger partial charge is 0.159 e. The van der Waals surface area contributed by atoms with Crippen LogP contribution in [0.2, 0.25) is 0 Å². The summed E-state index contributed by atoms with van der Waals surface area (Å²) in [7, 11) is 0. The summed E-state index contributed by atoms with van der Waals surface area (Å²) in [5, 5.41) is 5.73. The lowest BCUT2D eigenvalue weighted by molar-refractivity contribution is 0.270. The van der Waals surface area contributed by atoms with Crippen LogP contribution in [0.3, 0.4) is 0 Å². The molecule has 0 radical (unpaired) electrons. The van der Waals surface area contributed by atoms with E-state index in [1.54, 1.807) is 6.33 Å². The molecule has 6 nitrogen and oxygen atoms in total. The first-order chi connectivity index (χ1) is 12.8. The van der Waals surface area contributed by atoms with Crippen LogP contribution in [0.5, 0.6) is 0 Å². The van der Waals surface area contributed by atoms with Gasteiger partial charge in [0.05, 0.1) is 0 Å². The fraction of sp³-hybridized carbons (Fsp3) is 0.300. The molecule has 0 spiro atoms. The Bertz CT molecular complexity index is 896. The highest BCUT2D eigenvalue weighted by Crippen LogP contribution is 2.31. The van der Waals surface area contributed by atoms with Crippen LogP contribution >= 0.6 is 0 Å². The average Bonchev–Trinajstić information content (AvgIpc) is 2.70. The number of nitrogens with two attached hydrogens (primary N) is 1. The maximum atomic E-state index is 6.43. The van der Waals surface area contributed by atoms with E-state index in [0.717, 1.165) is 49.6 Å². The molecule has 1 aliphatic rings. The van der Waals surface area contributed by atoms with Crippen LogP contribution in [-0.4, -0.2) is 47.6 Å². The van der Waals surface area contributed by atoms with Crippen LogP contribution in [-0.2, 0) is 0 Å². The highest BCUT2D eigenvalue weighted by molar-refractivity contribution is 5.96. The molecular formula is C20H24N6. The molecule has 0 amide bonds. The maximum absolute atomic E-state index is 6.43. The molecule has 4 rings (SSSR count). The Hall–Kier alpha value is -2.86. The number of anilines is 4. The third kappa shape index (κ3) is 3.15. The summed E-state index contributed by atoms with van der Waals surface area (Å²) in [5.74, 6) is 1.47. The zero-order valence-electron chi connectivity index (χ0n) is 15.0. The molecule has 3 N–H and O–H groups in total. The van der Waals surface area contributed by atoms with E-state index >= 15 is 0 Å². The first-order valence-corrected chi connectivity index (χ1v) is 9.09. The molecule has 134 valence electrons. The van der Waals surface area contributed by atoms with Crippen molar-refractivity contribution in [3.8, 4) is 0 Å². The molecule has 0 bridgehead atoms. The van der Waals surface area contributed by atoms with Crippen LogP contribution in [0, 0.1) is 0 Å². The van der Waals surface area contributed by atoms with Crippen molar-refractivity contribution in [3.63, 3.8) is 0 Å². The predicted molar refractivity (Wildman–Crippen MR) is 108 cm³/mol. The number of piperazine rings is 1. The SMILES string of the molecule is CCN1CCN(c2ncnc(Nc3cccc4ccccc34)c2N)CC1. The van der Waals surface area contributed by atoms with Crippen molar-refractivity contribution >= 4 is 33.8 Å². The van der Waals surface area contributed by atoms with Gasteiger partial charge in [-0.05, 0) is 18.0 Å². The van der Waals surface area contributed by atoms with Crippen molar-refractivity contribution in [3.05, 3.63) is 48.8 Å². The second-order valence-corrected chi connectivity index (χ2v) is 6.53. The minimum absolute atomic E-state index is 0.602. The van der Waals surface area contributed by atoms with Crippen LogP contribution in [0.1, 0.15) is 6.92 Å². The van der Waals surface area contributed by atoms with Gasteiger partial charge in [-0.3, -0.25) is 0 Å². The van der Waals surface area contributed by atoms with Crippen LogP contribution in [0.4, 0.5) is 23.0 Å². The zero-order valence-corrected chi connectivity index (χ0v) is 15.0. The van der Waals surface area contributed by atoms with Crippen molar-refractivity contribution < 1.29 is 0 Å². The Morgan fingerprint density at radius 2 is 1.77 bits per heavy atom. The van der Waals surface area contributed by atoms with Gasteiger partial charge in [0.25, 0.3) is 0 Å². The lowest BCUT2D eigenvalue weighted by Gasteiger charge is -2.35. The lowest BCUT2D eigenvalue weighted by Crippen LogP contribution is -2.46. The van der Waals surface area contributed by atoms with Crippen LogP contribution < -0.4 is 16.0 Å². The fourth-order valence-electron chi connectivity index (χ4n) is 3.48. The number of likely N-dealkylation sites (N-methyl/N-ethyl adjacent to an activating group) is 1. The van der Waals surface area contributed by atoms with Crippen LogP contribution in [0.15, 0.2) is 48.8 Å². The van der Waals surface area contributed by atoms with Gasteiger partial charge in [0.15, 0.2) is 11.6 Å². The quantitative estimate of drug-likeness (QED) is 0.755. The summed E-state index contributed by atoms with van der Waals surface area (Å²) >= 11 is 0. The third-order valence-electron chi connectivity index (χ3n) is 5.02. The number of nitrogens with one attached hydrogen (secondary N) is 1. The van der Waals surface area contributed by atoms with Gasteiger partial charge in [-0.2, -0.15) is 0 Å². The third-order valence-corrected chi connectivity index (χ3v) is 5.02. The van der Waals surface area contributed by atoms with E-state index in [1.807, 2.05) is 24.3 Å². The maximum Gasteiger partial charge on any atom is 0.159 e. The Kier molecular flexibility index (Phi) is 4.58. The standard InChI is InChI=1S/C20H24N6/c1-2-25-10-12-26(13-11-25)20-18(21)19(22-14-23-20)24-17-9-5-7-15-6-3-4-8-16(15)17/h3-9,14H,2,10-13,21H2,1H3,(H,22,23,24). The fourth-order valence-corrected chi connectivity index (χ4v) is 3.48. The first-order valence-electron chi connectivity index (χ1n) is 9.09. The van der Waals surface area contributed by atoms with Crippen LogP contribution in [0.25, 0.3) is 10.8 Å². The number of aromatic nitrogens is 2. The molecule has 0 aliphatic carbocycles. The van der Waals surface area contributed by atoms with E-state index < -0.39 is 0 Å². The molecule has 6 heteroatoms. The van der Waals surface area contributed by atoms with Crippen molar-refractivity contribution in [1.82, 2.24) is 14.9 Å². The summed E-state index contributed by atoms with van der Waals surface area (Å²) < 4.78 is 0. The predicted octanol–water partition coefficient (Wildman–Crippen LogP) is 3.10. The second-order valence-electron chi connectivity index (χ2n) is 6.53. The zero-order chi connectivity index (χ0) is 17.9. The molecule has 0 unspecified atom stereocenters. The molecule has 3 aromatic rings. The van der Waals surface area contributed by atoms with Gasteiger partial charge in [0.2, 0.25) is 0 Å². The first kappa shape index (κ1) is 16.6. The summed E-state index contributed by atoms with van der Waals surface area (Å²) in [6.07, 6.45) is 1.59. The van der Waals surface area contributed by atoms with Crippen molar-refractivity contribution in [2.24, 2.45) is 0 Å². The molecule has 1 fully saturated rings. The largest absolute Gasteiger partial charge is 0.393 e. The molecule has 1 aliphatic heterocycles. The summed E-state index contributed by atoms with van der Waals surface area (Å²) in [6, 6.07) is 14.5. The molecule has 1 aromatic heterocycles. The van der Waals surface area contributed by atoms with Gasteiger partial charge in [0.1, 0.15) is 12.0 Å². The Morgan fingerprint density at radius 3 is 2.58 bits per heavy atom. The number of hydrogen-bond donors (Lipinski definition) is 2. The molecule has 1 saturated heterocycles. The van der Waals surface area contributed by atoms with Gasteiger partial charge in [-0.15, -0.1) is 0 Å². The highest BCUT2D eigenvalue weighted by atomic mass is 15.3. The molecule has 2 heterocycles. The van der Waals surface area contributed by atoms with E-state index in [4.69, 9.17) is 5.73 Å². The second kappa shape index (κ2) is 7.17. The van der Waals surface area contributed by atoms with E-state index in [1.165, 1.54) is 5.39 Å².